The maximum absolute atomic E-state index is 12.7. The van der Waals surface area contributed by atoms with Crippen LogP contribution >= 0.6 is 11.3 Å². The average molecular weight is 394 g/mol. The molecule has 2 heterocycles. The van der Waals surface area contributed by atoms with E-state index in [2.05, 4.69) is 19.2 Å². The topological polar surface area (TPSA) is 54.5 Å². The van der Waals surface area contributed by atoms with Crippen LogP contribution in [0.4, 0.5) is 10.5 Å². The fourth-order valence-electron chi connectivity index (χ4n) is 3.27. The van der Waals surface area contributed by atoms with E-state index in [4.69, 9.17) is 9.72 Å². The number of carbonyl (C=O) groups excluding carboxylic acids is 1. The van der Waals surface area contributed by atoms with Gasteiger partial charge in [0.25, 0.3) is 0 Å². The Bertz CT molecular complexity index is 1030. The SMILES string of the molecule is COc1cccc(-c2nc3c(s2)CN(C(=O)Nc2ccc(C)c(C)c2)CC3)c1. The predicted molar refractivity (Wildman–Crippen MR) is 113 cm³/mol. The van der Waals surface area contributed by atoms with E-state index in [0.29, 0.717) is 13.1 Å². The summed E-state index contributed by atoms with van der Waals surface area (Å²) in [6.45, 7) is 5.38. The maximum atomic E-state index is 12.7. The van der Waals surface area contributed by atoms with E-state index < -0.39 is 0 Å². The van der Waals surface area contributed by atoms with Crippen LogP contribution < -0.4 is 10.1 Å². The number of fused-ring (bicyclic) bond motifs is 1. The molecule has 0 spiro atoms. The van der Waals surface area contributed by atoms with Gasteiger partial charge < -0.3 is 15.0 Å². The molecule has 0 fully saturated rings. The number of urea groups is 1. The molecule has 144 valence electrons. The smallest absolute Gasteiger partial charge is 0.322 e. The van der Waals surface area contributed by atoms with Crippen molar-refractivity contribution < 1.29 is 9.53 Å². The van der Waals surface area contributed by atoms with Gasteiger partial charge in [0.2, 0.25) is 0 Å². The largest absolute Gasteiger partial charge is 0.497 e. The molecule has 0 saturated heterocycles. The highest BCUT2D eigenvalue weighted by Crippen LogP contribution is 2.33. The Morgan fingerprint density at radius 3 is 2.82 bits per heavy atom. The van der Waals surface area contributed by atoms with Crippen molar-refractivity contribution in [2.45, 2.75) is 26.8 Å². The number of thiazole rings is 1. The fraction of sp³-hybridized carbons (Fsp3) is 0.273. The standard InChI is InChI=1S/C22H23N3O2S/c1-14-7-8-17(11-15(14)2)23-22(26)25-10-9-19-20(13-25)28-21(24-19)16-5-4-6-18(12-16)27-3/h4-8,11-12H,9-10,13H2,1-3H3,(H,23,26). The molecule has 28 heavy (non-hydrogen) atoms. The second-order valence-electron chi connectivity index (χ2n) is 7.02. The van der Waals surface area contributed by atoms with Crippen LogP contribution in [0.3, 0.4) is 0 Å². The number of amides is 2. The van der Waals surface area contributed by atoms with Gasteiger partial charge in [-0.25, -0.2) is 9.78 Å². The van der Waals surface area contributed by atoms with Crippen molar-refractivity contribution in [1.29, 1.82) is 0 Å². The van der Waals surface area contributed by atoms with Crippen molar-refractivity contribution in [3.8, 4) is 16.3 Å². The van der Waals surface area contributed by atoms with E-state index in [0.717, 1.165) is 39.0 Å². The quantitative estimate of drug-likeness (QED) is 0.679. The van der Waals surface area contributed by atoms with Crippen LogP contribution in [0, 0.1) is 13.8 Å². The second-order valence-corrected chi connectivity index (χ2v) is 8.11. The molecule has 1 aliphatic heterocycles. The van der Waals surface area contributed by atoms with Gasteiger partial charge in [0.05, 0.1) is 19.3 Å². The van der Waals surface area contributed by atoms with E-state index in [1.54, 1.807) is 18.4 Å². The third-order valence-electron chi connectivity index (χ3n) is 5.09. The van der Waals surface area contributed by atoms with E-state index in [1.807, 2.05) is 47.4 Å². The molecular weight excluding hydrogens is 370 g/mol. The Hall–Kier alpha value is -2.86. The number of anilines is 1. The maximum Gasteiger partial charge on any atom is 0.322 e. The molecule has 6 heteroatoms. The highest BCUT2D eigenvalue weighted by Gasteiger charge is 2.24. The minimum atomic E-state index is -0.0646. The number of rotatable bonds is 3. The number of nitrogens with zero attached hydrogens (tertiary/aromatic N) is 2. The number of nitrogens with one attached hydrogen (secondary N) is 1. The first-order valence-corrected chi connectivity index (χ1v) is 10.1. The minimum Gasteiger partial charge on any atom is -0.497 e. The molecule has 0 aliphatic carbocycles. The summed E-state index contributed by atoms with van der Waals surface area (Å²) in [5, 5.41) is 3.99. The van der Waals surface area contributed by atoms with Crippen LogP contribution in [0.1, 0.15) is 21.7 Å². The average Bonchev–Trinajstić information content (AvgIpc) is 3.14. The van der Waals surface area contributed by atoms with Gasteiger partial charge in [-0.3, -0.25) is 0 Å². The first kappa shape index (κ1) is 18.5. The normalized spacial score (nSPS) is 13.2. The third kappa shape index (κ3) is 3.73. The monoisotopic (exact) mass is 393 g/mol. The first-order chi connectivity index (χ1) is 13.5. The van der Waals surface area contributed by atoms with E-state index >= 15 is 0 Å². The van der Waals surface area contributed by atoms with E-state index in [9.17, 15) is 4.79 Å². The molecule has 1 aromatic heterocycles. The van der Waals surface area contributed by atoms with E-state index in [1.165, 1.54) is 11.1 Å². The summed E-state index contributed by atoms with van der Waals surface area (Å²) in [6.07, 6.45) is 0.774. The minimum absolute atomic E-state index is 0.0646. The zero-order valence-corrected chi connectivity index (χ0v) is 17.1. The van der Waals surface area contributed by atoms with E-state index in [-0.39, 0.29) is 6.03 Å². The van der Waals surface area contributed by atoms with Crippen molar-refractivity contribution in [3.63, 3.8) is 0 Å². The van der Waals surface area contributed by atoms with Gasteiger partial charge >= 0.3 is 6.03 Å². The second kappa shape index (κ2) is 7.64. The number of methoxy groups -OCH3 is 1. The highest BCUT2D eigenvalue weighted by atomic mass is 32.1. The molecular formula is C22H23N3O2S. The molecule has 2 aromatic carbocycles. The van der Waals surface area contributed by atoms with Crippen molar-refractivity contribution in [1.82, 2.24) is 9.88 Å². The lowest BCUT2D eigenvalue weighted by atomic mass is 10.1. The Morgan fingerprint density at radius 1 is 1.18 bits per heavy atom. The van der Waals surface area contributed by atoms with Crippen molar-refractivity contribution >= 4 is 23.1 Å². The first-order valence-electron chi connectivity index (χ1n) is 9.29. The van der Waals surface area contributed by atoms with Crippen LogP contribution in [0.15, 0.2) is 42.5 Å². The summed E-state index contributed by atoms with van der Waals surface area (Å²) >= 11 is 1.65. The van der Waals surface area contributed by atoms with Crippen LogP contribution in [0.25, 0.3) is 10.6 Å². The summed E-state index contributed by atoms with van der Waals surface area (Å²) in [5.74, 6) is 0.820. The summed E-state index contributed by atoms with van der Waals surface area (Å²) in [6, 6.07) is 13.9. The molecule has 1 aliphatic rings. The van der Waals surface area contributed by atoms with Gasteiger partial charge in [-0.1, -0.05) is 18.2 Å². The van der Waals surface area contributed by atoms with Crippen LogP contribution in [0.5, 0.6) is 5.75 Å². The zero-order valence-electron chi connectivity index (χ0n) is 16.3. The van der Waals surface area contributed by atoms with Crippen LogP contribution in [-0.2, 0) is 13.0 Å². The lowest BCUT2D eigenvalue weighted by Gasteiger charge is -2.26. The van der Waals surface area contributed by atoms with Crippen molar-refractivity contribution in [3.05, 3.63) is 64.2 Å². The number of ether oxygens (including phenoxy) is 1. The van der Waals surface area contributed by atoms with Crippen LogP contribution in [-0.4, -0.2) is 29.6 Å². The molecule has 0 atom stereocenters. The molecule has 3 aromatic rings. The lowest BCUT2D eigenvalue weighted by molar-refractivity contribution is 0.207. The molecule has 4 rings (SSSR count). The molecule has 5 nitrogen and oxygen atoms in total. The number of hydrogen-bond acceptors (Lipinski definition) is 4. The number of aryl methyl sites for hydroxylation is 2. The van der Waals surface area contributed by atoms with Crippen LogP contribution in [0.2, 0.25) is 0 Å². The number of carbonyl (C=O) groups is 1. The summed E-state index contributed by atoms with van der Waals surface area (Å²) in [7, 11) is 1.66. The summed E-state index contributed by atoms with van der Waals surface area (Å²) in [5.41, 5.74) is 5.36. The summed E-state index contributed by atoms with van der Waals surface area (Å²) < 4.78 is 5.31. The Kier molecular flexibility index (Phi) is 5.05. The Balaban J connectivity index is 1.49. The third-order valence-corrected chi connectivity index (χ3v) is 6.22. The molecule has 0 saturated carbocycles. The molecule has 0 unspecified atom stereocenters. The zero-order chi connectivity index (χ0) is 19.7. The highest BCUT2D eigenvalue weighted by molar-refractivity contribution is 7.15. The molecule has 2 amide bonds. The van der Waals surface area contributed by atoms with Gasteiger partial charge in [0.15, 0.2) is 0 Å². The van der Waals surface area contributed by atoms with Crippen molar-refractivity contribution in [2.24, 2.45) is 0 Å². The molecule has 0 radical (unpaired) electrons. The lowest BCUT2D eigenvalue weighted by Crippen LogP contribution is -2.38. The Labute approximate surface area is 169 Å². The fourth-order valence-corrected chi connectivity index (χ4v) is 4.39. The predicted octanol–water partition coefficient (Wildman–Crippen LogP) is 5.03. The molecule has 0 bridgehead atoms. The van der Waals surface area contributed by atoms with Gasteiger partial charge in [0, 0.05) is 29.1 Å². The van der Waals surface area contributed by atoms with Gasteiger partial charge in [-0.05, 0) is 49.2 Å². The van der Waals surface area contributed by atoms with Crippen molar-refractivity contribution in [2.75, 3.05) is 19.0 Å². The number of aromatic nitrogens is 1. The number of hydrogen-bond donors (Lipinski definition) is 1. The Morgan fingerprint density at radius 2 is 2.04 bits per heavy atom. The van der Waals surface area contributed by atoms with Gasteiger partial charge in [-0.15, -0.1) is 11.3 Å². The van der Waals surface area contributed by atoms with Gasteiger partial charge in [-0.2, -0.15) is 0 Å². The summed E-state index contributed by atoms with van der Waals surface area (Å²) in [4.78, 5) is 20.5. The number of benzene rings is 2. The van der Waals surface area contributed by atoms with Gasteiger partial charge in [0.1, 0.15) is 10.8 Å². The molecule has 1 N–H and O–H groups in total.